The van der Waals surface area contributed by atoms with Crippen LogP contribution in [0.25, 0.3) is 11.0 Å². The van der Waals surface area contributed by atoms with Crippen LogP contribution in [0.3, 0.4) is 0 Å². The van der Waals surface area contributed by atoms with E-state index in [-0.39, 0.29) is 5.16 Å². The third-order valence-electron chi connectivity index (χ3n) is 1.66. The molecule has 0 aliphatic heterocycles. The van der Waals surface area contributed by atoms with E-state index in [9.17, 15) is 8.42 Å². The monoisotopic (exact) mass is 209 g/mol. The van der Waals surface area contributed by atoms with Crippen molar-refractivity contribution >= 4 is 20.9 Å². The third-order valence-corrected chi connectivity index (χ3v) is 2.52. The van der Waals surface area contributed by atoms with E-state index >= 15 is 0 Å². The number of hydrogen-bond acceptors (Lipinski definition) is 5. The highest BCUT2D eigenvalue weighted by Gasteiger charge is 2.11. The molecule has 14 heavy (non-hydrogen) atoms. The Hall–Kier alpha value is -1.56. The maximum absolute atomic E-state index is 11.1. The van der Waals surface area contributed by atoms with Crippen LogP contribution in [0.2, 0.25) is 0 Å². The molecule has 5 nitrogen and oxygen atoms in total. The highest BCUT2D eigenvalue weighted by molar-refractivity contribution is 7.90. The molecule has 0 unspecified atom stereocenters. The Balaban J connectivity index is 2.75. The fraction of sp³-hybridized carbons (Fsp3) is 0.125. The summed E-state index contributed by atoms with van der Waals surface area (Å²) in [4.78, 5) is 11.6. The van der Waals surface area contributed by atoms with Gasteiger partial charge in [-0.1, -0.05) is 0 Å². The van der Waals surface area contributed by atoms with Crippen molar-refractivity contribution in [3.8, 4) is 0 Å². The lowest BCUT2D eigenvalue weighted by Crippen LogP contribution is -2.03. The average molecular weight is 209 g/mol. The summed E-state index contributed by atoms with van der Waals surface area (Å²) in [6.07, 6.45) is 4.08. The molecule has 6 heteroatoms. The van der Waals surface area contributed by atoms with Crippen LogP contribution in [0.15, 0.2) is 29.7 Å². The van der Waals surface area contributed by atoms with Gasteiger partial charge < -0.3 is 0 Å². The van der Waals surface area contributed by atoms with E-state index in [1.165, 1.54) is 6.20 Å². The summed E-state index contributed by atoms with van der Waals surface area (Å²) in [6, 6.07) is 3.39. The minimum absolute atomic E-state index is 0.169. The molecule has 0 radical (unpaired) electrons. The van der Waals surface area contributed by atoms with Crippen molar-refractivity contribution < 1.29 is 8.42 Å². The molecule has 0 bridgehead atoms. The smallest absolute Gasteiger partial charge is 0.247 e. The summed E-state index contributed by atoms with van der Waals surface area (Å²) in [5.41, 5.74) is 1.11. The second-order valence-corrected chi connectivity index (χ2v) is 4.74. The van der Waals surface area contributed by atoms with E-state index in [0.29, 0.717) is 11.0 Å². The summed E-state index contributed by atoms with van der Waals surface area (Å²) in [5.74, 6) is 0. The predicted octanol–water partition coefficient (Wildman–Crippen LogP) is 0.428. The van der Waals surface area contributed by atoms with Gasteiger partial charge in [0.15, 0.2) is 0 Å². The Labute approximate surface area is 80.8 Å². The summed E-state index contributed by atoms with van der Waals surface area (Å²) < 4.78 is 22.3. The molecule has 0 amide bonds. The van der Waals surface area contributed by atoms with E-state index in [4.69, 9.17) is 0 Å². The van der Waals surface area contributed by atoms with Gasteiger partial charge in [0.05, 0.1) is 11.7 Å². The lowest BCUT2D eigenvalue weighted by atomic mass is 10.4. The molecular weight excluding hydrogens is 202 g/mol. The maximum Gasteiger partial charge on any atom is 0.247 e. The van der Waals surface area contributed by atoms with Gasteiger partial charge in [-0.05, 0) is 12.1 Å². The Morgan fingerprint density at radius 1 is 1.21 bits per heavy atom. The summed E-state index contributed by atoms with van der Waals surface area (Å²) in [7, 11) is -3.34. The number of rotatable bonds is 1. The molecule has 0 spiro atoms. The van der Waals surface area contributed by atoms with Crippen molar-refractivity contribution in [1.82, 2.24) is 15.0 Å². The minimum Gasteiger partial charge on any atom is -0.253 e. The Morgan fingerprint density at radius 3 is 2.71 bits per heavy atom. The molecule has 0 aliphatic rings. The number of nitrogens with zero attached hydrogens (tertiary/aromatic N) is 3. The Morgan fingerprint density at radius 2 is 2.00 bits per heavy atom. The zero-order chi connectivity index (χ0) is 10.2. The van der Waals surface area contributed by atoms with Crippen molar-refractivity contribution in [1.29, 1.82) is 0 Å². The average Bonchev–Trinajstić information content (AvgIpc) is 2.16. The molecule has 0 aliphatic carbocycles. The molecule has 0 saturated carbocycles. The van der Waals surface area contributed by atoms with Gasteiger partial charge in [0, 0.05) is 12.5 Å². The van der Waals surface area contributed by atoms with E-state index < -0.39 is 9.84 Å². The topological polar surface area (TPSA) is 72.8 Å². The predicted molar refractivity (Wildman–Crippen MR) is 50.4 cm³/mol. The molecule has 0 saturated heterocycles. The first-order valence-corrected chi connectivity index (χ1v) is 5.74. The summed E-state index contributed by atoms with van der Waals surface area (Å²) >= 11 is 0. The van der Waals surface area contributed by atoms with E-state index in [0.717, 1.165) is 6.26 Å². The highest BCUT2D eigenvalue weighted by atomic mass is 32.2. The van der Waals surface area contributed by atoms with Crippen LogP contribution in [-0.4, -0.2) is 29.6 Å². The molecule has 0 atom stereocenters. The van der Waals surface area contributed by atoms with E-state index in [2.05, 4.69) is 15.0 Å². The first-order valence-electron chi connectivity index (χ1n) is 3.85. The number of aromatic nitrogens is 3. The number of fused-ring (bicyclic) bond motifs is 1. The van der Waals surface area contributed by atoms with Crippen molar-refractivity contribution in [3.63, 3.8) is 0 Å². The summed E-state index contributed by atoms with van der Waals surface area (Å²) in [5, 5.41) is -0.169. The van der Waals surface area contributed by atoms with Crippen molar-refractivity contribution in [3.05, 3.63) is 24.5 Å². The van der Waals surface area contributed by atoms with Gasteiger partial charge in [-0.3, -0.25) is 4.98 Å². The van der Waals surface area contributed by atoms with Gasteiger partial charge in [0.2, 0.25) is 15.0 Å². The normalized spacial score (nSPS) is 11.8. The zero-order valence-electron chi connectivity index (χ0n) is 7.38. The molecule has 2 aromatic heterocycles. The molecule has 2 heterocycles. The number of sulfone groups is 1. The highest BCUT2D eigenvalue weighted by Crippen LogP contribution is 2.09. The molecular formula is C8H7N3O2S. The first kappa shape index (κ1) is 9.01. The van der Waals surface area contributed by atoms with Gasteiger partial charge in [0.25, 0.3) is 0 Å². The Kier molecular flexibility index (Phi) is 1.92. The van der Waals surface area contributed by atoms with Gasteiger partial charge in [-0.2, -0.15) is 0 Å². The molecule has 2 rings (SSSR count). The quantitative estimate of drug-likeness (QED) is 0.637. The third kappa shape index (κ3) is 1.56. The summed E-state index contributed by atoms with van der Waals surface area (Å²) in [6.45, 7) is 0. The lowest BCUT2D eigenvalue weighted by molar-refractivity contribution is 0.593. The standard InChI is InChI=1S/C8H7N3O2S/c1-14(12,13)8-10-5-7-6(11-8)3-2-4-9-7/h2-5H,1H3. The van der Waals surface area contributed by atoms with Gasteiger partial charge in [0.1, 0.15) is 5.52 Å². The molecule has 0 fully saturated rings. The zero-order valence-corrected chi connectivity index (χ0v) is 8.19. The van der Waals surface area contributed by atoms with Crippen LogP contribution in [0.5, 0.6) is 0 Å². The lowest BCUT2D eigenvalue weighted by Gasteiger charge is -1.97. The van der Waals surface area contributed by atoms with Gasteiger partial charge in [-0.25, -0.2) is 18.4 Å². The van der Waals surface area contributed by atoms with Gasteiger partial charge >= 0.3 is 0 Å². The SMILES string of the molecule is CS(=O)(=O)c1ncc2ncccc2n1. The van der Waals surface area contributed by atoms with E-state index in [1.807, 2.05) is 0 Å². The van der Waals surface area contributed by atoms with Crippen LogP contribution >= 0.6 is 0 Å². The maximum atomic E-state index is 11.1. The van der Waals surface area contributed by atoms with Crippen LogP contribution in [0.1, 0.15) is 0 Å². The Bertz CT molecular complexity index is 580. The van der Waals surface area contributed by atoms with Crippen LogP contribution in [0.4, 0.5) is 0 Å². The van der Waals surface area contributed by atoms with Crippen molar-refractivity contribution in [2.75, 3.05) is 6.26 Å². The van der Waals surface area contributed by atoms with Gasteiger partial charge in [-0.15, -0.1) is 0 Å². The molecule has 2 aromatic rings. The van der Waals surface area contributed by atoms with Crippen LogP contribution in [-0.2, 0) is 9.84 Å². The largest absolute Gasteiger partial charge is 0.253 e. The fourth-order valence-corrected chi connectivity index (χ4v) is 1.54. The van der Waals surface area contributed by atoms with Crippen LogP contribution in [0, 0.1) is 0 Å². The molecule has 72 valence electrons. The van der Waals surface area contributed by atoms with Crippen LogP contribution < -0.4 is 0 Å². The first-order chi connectivity index (χ1) is 6.57. The minimum atomic E-state index is -3.34. The second kappa shape index (κ2) is 2.98. The van der Waals surface area contributed by atoms with Crippen molar-refractivity contribution in [2.45, 2.75) is 5.16 Å². The second-order valence-electron chi connectivity index (χ2n) is 2.83. The number of pyridine rings is 1. The molecule has 0 aromatic carbocycles. The fourth-order valence-electron chi connectivity index (χ4n) is 1.03. The number of hydrogen-bond donors (Lipinski definition) is 0. The molecule has 0 N–H and O–H groups in total. The van der Waals surface area contributed by atoms with Crippen molar-refractivity contribution in [2.24, 2.45) is 0 Å². The van der Waals surface area contributed by atoms with E-state index in [1.54, 1.807) is 18.3 Å².